The number of aromatic nitrogens is 1. The molecule has 1 aliphatic rings. The summed E-state index contributed by atoms with van der Waals surface area (Å²) in [5.74, 6) is -4.20. The van der Waals surface area contributed by atoms with Crippen LogP contribution in [0.4, 0.5) is 18.9 Å². The molecule has 2 N–H and O–H groups in total. The van der Waals surface area contributed by atoms with Crippen LogP contribution in [0.1, 0.15) is 43.8 Å². The zero-order valence-corrected chi connectivity index (χ0v) is 23.5. The van der Waals surface area contributed by atoms with Crippen LogP contribution in [-0.4, -0.2) is 73.5 Å². The van der Waals surface area contributed by atoms with Gasteiger partial charge in [0.05, 0.1) is 37.0 Å². The van der Waals surface area contributed by atoms with E-state index < -0.39 is 40.7 Å². The molecule has 2 aromatic carbocycles. The number of aliphatic hydroxyl groups is 1. The van der Waals surface area contributed by atoms with Gasteiger partial charge in [-0.1, -0.05) is 0 Å². The third kappa shape index (κ3) is 7.20. The van der Waals surface area contributed by atoms with Crippen molar-refractivity contribution in [1.29, 1.82) is 0 Å². The van der Waals surface area contributed by atoms with Gasteiger partial charge in [0.2, 0.25) is 5.82 Å². The summed E-state index contributed by atoms with van der Waals surface area (Å²) < 4.78 is 51.4. The van der Waals surface area contributed by atoms with E-state index in [1.54, 1.807) is 13.3 Å². The van der Waals surface area contributed by atoms with Crippen LogP contribution in [0, 0.1) is 22.9 Å². The van der Waals surface area contributed by atoms with E-state index >= 15 is 0 Å². The molecule has 1 aliphatic heterocycles. The Morgan fingerprint density at radius 2 is 1.90 bits per heavy atom. The van der Waals surface area contributed by atoms with E-state index in [4.69, 9.17) is 9.47 Å². The van der Waals surface area contributed by atoms with Gasteiger partial charge < -0.3 is 24.6 Å². The molecule has 0 aliphatic carbocycles. The van der Waals surface area contributed by atoms with E-state index in [2.05, 4.69) is 9.88 Å². The molecule has 11 heteroatoms. The number of aliphatic carboxylic acids is 1. The van der Waals surface area contributed by atoms with E-state index in [1.165, 1.54) is 0 Å². The van der Waals surface area contributed by atoms with Gasteiger partial charge in [0.1, 0.15) is 18.2 Å². The van der Waals surface area contributed by atoms with E-state index in [-0.39, 0.29) is 13.0 Å². The van der Waals surface area contributed by atoms with Crippen LogP contribution in [0.3, 0.4) is 0 Å². The van der Waals surface area contributed by atoms with Crippen molar-refractivity contribution in [3.8, 4) is 11.5 Å². The lowest BCUT2D eigenvalue weighted by molar-refractivity contribution is -0.141. The van der Waals surface area contributed by atoms with E-state index in [9.17, 15) is 28.2 Å². The number of carboxylic acid groups (broad SMARTS) is 1. The molecule has 4 rings (SSSR count). The molecule has 0 saturated carbocycles. The smallest absolute Gasteiger partial charge is 0.303 e. The summed E-state index contributed by atoms with van der Waals surface area (Å²) in [6, 6.07) is 6.77. The maximum atomic E-state index is 13.9. The Morgan fingerprint density at radius 3 is 2.56 bits per heavy atom. The number of carbonyl (C=O) groups is 1. The Labute approximate surface area is 237 Å². The molecule has 1 fully saturated rings. The Hall–Kier alpha value is -3.57. The molecule has 0 unspecified atom stereocenters. The van der Waals surface area contributed by atoms with Crippen LogP contribution < -0.4 is 14.4 Å². The number of nitrogens with zero attached hydrogens (tertiary/aromatic N) is 3. The van der Waals surface area contributed by atoms with Crippen molar-refractivity contribution in [2.75, 3.05) is 52.3 Å². The minimum absolute atomic E-state index is 0.0242. The first-order valence-electron chi connectivity index (χ1n) is 13.6. The monoisotopic (exact) mass is 575 g/mol. The second kappa shape index (κ2) is 12.9. The second-order valence-electron chi connectivity index (χ2n) is 10.8. The lowest BCUT2D eigenvalue weighted by Gasteiger charge is -2.41. The minimum Gasteiger partial charge on any atom is -0.497 e. The molecule has 1 atom stereocenters. The van der Waals surface area contributed by atoms with Crippen LogP contribution >= 0.6 is 0 Å². The first-order chi connectivity index (χ1) is 19.5. The topological polar surface area (TPSA) is 95.4 Å². The summed E-state index contributed by atoms with van der Waals surface area (Å²) in [5, 5.41) is 22.0. The zero-order valence-electron chi connectivity index (χ0n) is 23.5. The van der Waals surface area contributed by atoms with Gasteiger partial charge in [-0.2, -0.15) is 4.39 Å². The number of likely N-dealkylation sites (tertiary alicyclic amines) is 1. The van der Waals surface area contributed by atoms with Crippen molar-refractivity contribution < 1.29 is 37.7 Å². The number of fused-ring (bicyclic) bond motifs is 1. The number of anilines is 1. The molecule has 2 heterocycles. The van der Waals surface area contributed by atoms with Gasteiger partial charge in [-0.05, 0) is 62.4 Å². The van der Waals surface area contributed by atoms with Crippen molar-refractivity contribution in [2.45, 2.75) is 38.2 Å². The van der Waals surface area contributed by atoms with Gasteiger partial charge >= 0.3 is 5.97 Å². The number of methoxy groups -OCH3 is 1. The normalized spacial score (nSPS) is 16.0. The maximum absolute atomic E-state index is 13.9. The van der Waals surface area contributed by atoms with Crippen molar-refractivity contribution >= 4 is 22.6 Å². The number of halogens is 3. The Bertz CT molecular complexity index is 1380. The fraction of sp³-hybridized carbons (Fsp3) is 0.467. The number of piperidine rings is 1. The summed E-state index contributed by atoms with van der Waals surface area (Å²) in [5.41, 5.74) is 1.71. The standard InChI is InChI=1S/C30H36F3N3O5/c1-35(2)24-18-34-23-5-4-20(40-3)16-21(23)28(24)25(37)6-7-30(17-27(38)39)8-10-36(11-9-30)12-13-41-26-15-19(31)14-22(32)29(26)33/h4-5,14-16,18,25,37H,6-13,17H2,1-3H3,(H,38,39)/t25-/m0/s1. The van der Waals surface area contributed by atoms with Gasteiger partial charge in [-0.3, -0.25) is 14.7 Å². The van der Waals surface area contributed by atoms with Gasteiger partial charge in [-0.15, -0.1) is 0 Å². The van der Waals surface area contributed by atoms with Crippen molar-refractivity contribution in [3.63, 3.8) is 0 Å². The van der Waals surface area contributed by atoms with Crippen molar-refractivity contribution in [1.82, 2.24) is 9.88 Å². The van der Waals surface area contributed by atoms with Crippen LogP contribution in [-0.2, 0) is 4.79 Å². The van der Waals surface area contributed by atoms with Gasteiger partial charge in [0.15, 0.2) is 11.6 Å². The van der Waals surface area contributed by atoms with Crippen LogP contribution in [0.2, 0.25) is 0 Å². The van der Waals surface area contributed by atoms with Crippen molar-refractivity contribution in [2.24, 2.45) is 5.41 Å². The third-order valence-corrected chi connectivity index (χ3v) is 7.93. The lowest BCUT2D eigenvalue weighted by Crippen LogP contribution is -2.42. The number of ether oxygens (including phenoxy) is 2. The van der Waals surface area contributed by atoms with Crippen molar-refractivity contribution in [3.05, 3.63) is 59.5 Å². The highest BCUT2D eigenvalue weighted by atomic mass is 19.2. The molecule has 0 spiro atoms. The lowest BCUT2D eigenvalue weighted by atomic mass is 9.71. The summed E-state index contributed by atoms with van der Waals surface area (Å²) >= 11 is 0. The van der Waals surface area contributed by atoms with Gasteiger partial charge in [0.25, 0.3) is 0 Å². The SMILES string of the molecule is COc1ccc2ncc(N(C)C)c([C@@H](O)CCC3(CC(=O)O)CCN(CCOc4cc(F)cc(F)c4F)CC3)c2c1. The molecule has 1 saturated heterocycles. The minimum atomic E-state index is -1.31. The molecule has 8 nitrogen and oxygen atoms in total. The van der Waals surface area contributed by atoms with Gasteiger partial charge in [0, 0.05) is 43.7 Å². The fourth-order valence-electron chi connectivity index (χ4n) is 5.61. The highest BCUT2D eigenvalue weighted by molar-refractivity contribution is 5.88. The van der Waals surface area contributed by atoms with Crippen LogP contribution in [0.5, 0.6) is 11.5 Å². The average molecular weight is 576 g/mol. The number of hydrogen-bond donors (Lipinski definition) is 2. The largest absolute Gasteiger partial charge is 0.497 e. The molecule has 3 aromatic rings. The molecule has 1 aromatic heterocycles. The highest BCUT2D eigenvalue weighted by Gasteiger charge is 2.37. The van der Waals surface area contributed by atoms with Crippen LogP contribution in [0.15, 0.2) is 36.5 Å². The second-order valence-corrected chi connectivity index (χ2v) is 10.8. The number of carboxylic acids is 1. The summed E-state index contributed by atoms with van der Waals surface area (Å²) in [6.45, 7) is 1.56. The summed E-state index contributed by atoms with van der Waals surface area (Å²) in [4.78, 5) is 20.3. The number of rotatable bonds is 12. The molecular weight excluding hydrogens is 539 g/mol. The number of benzene rings is 2. The third-order valence-electron chi connectivity index (χ3n) is 7.93. The van der Waals surface area contributed by atoms with E-state index in [0.29, 0.717) is 57.1 Å². The molecule has 0 bridgehead atoms. The summed E-state index contributed by atoms with van der Waals surface area (Å²) in [6.07, 6.45) is 2.87. The Kier molecular flexibility index (Phi) is 9.60. The molecule has 41 heavy (non-hydrogen) atoms. The quantitative estimate of drug-likeness (QED) is 0.286. The maximum Gasteiger partial charge on any atom is 0.303 e. The fourth-order valence-corrected chi connectivity index (χ4v) is 5.61. The van der Waals surface area contributed by atoms with E-state index in [1.807, 2.05) is 37.2 Å². The van der Waals surface area contributed by atoms with Gasteiger partial charge in [-0.25, -0.2) is 8.78 Å². The molecule has 222 valence electrons. The Morgan fingerprint density at radius 1 is 1.17 bits per heavy atom. The summed E-state index contributed by atoms with van der Waals surface area (Å²) in [7, 11) is 5.34. The van der Waals surface area contributed by atoms with E-state index in [0.717, 1.165) is 28.2 Å². The number of pyridine rings is 1. The Balaban J connectivity index is 1.43. The average Bonchev–Trinajstić information content (AvgIpc) is 2.94. The molecule has 0 radical (unpaired) electrons. The number of aliphatic hydroxyl groups excluding tert-OH is 1. The molecule has 0 amide bonds. The highest BCUT2D eigenvalue weighted by Crippen LogP contribution is 2.43. The predicted molar refractivity (Wildman–Crippen MR) is 149 cm³/mol. The first kappa shape index (κ1) is 30.4. The molecular formula is C30H36F3N3O5. The van der Waals surface area contributed by atoms with Crippen LogP contribution in [0.25, 0.3) is 10.9 Å². The zero-order chi connectivity index (χ0) is 29.7. The first-order valence-corrected chi connectivity index (χ1v) is 13.6. The predicted octanol–water partition coefficient (Wildman–Crippen LogP) is 5.18. The number of hydrogen-bond acceptors (Lipinski definition) is 7.